The predicted octanol–water partition coefficient (Wildman–Crippen LogP) is -0.931. The van der Waals surface area contributed by atoms with Gasteiger partial charge >= 0.3 is 0 Å². The summed E-state index contributed by atoms with van der Waals surface area (Å²) in [6, 6.07) is -0.502. The summed E-state index contributed by atoms with van der Waals surface area (Å²) in [5.41, 5.74) is 5.92. The van der Waals surface area contributed by atoms with E-state index in [1.807, 2.05) is 0 Å². The molecule has 9 heteroatoms. The third kappa shape index (κ3) is 3.70. The SMILES string of the molecule is CS(=O)(=O)CCS(=O)(=O)C1CC2(CCC1N)OCCO2. The Hall–Kier alpha value is -0.220. The molecule has 1 aliphatic heterocycles. The smallest absolute Gasteiger partial charge is 0.169 e. The molecule has 0 bridgehead atoms. The number of rotatable bonds is 4. The first-order valence-electron chi connectivity index (χ1n) is 6.56. The van der Waals surface area contributed by atoms with Crippen molar-refractivity contribution in [3.8, 4) is 0 Å². The van der Waals surface area contributed by atoms with Gasteiger partial charge in [0.2, 0.25) is 0 Å². The first kappa shape index (κ1) is 16.2. The van der Waals surface area contributed by atoms with E-state index in [1.165, 1.54) is 0 Å². The van der Waals surface area contributed by atoms with Crippen molar-refractivity contribution in [1.29, 1.82) is 0 Å². The second-order valence-corrected chi connectivity index (χ2v) is 10.1. The monoisotopic (exact) mass is 327 g/mol. The highest BCUT2D eigenvalue weighted by atomic mass is 32.2. The number of sulfone groups is 2. The Kier molecular flexibility index (Phi) is 4.46. The minimum absolute atomic E-state index is 0.181. The van der Waals surface area contributed by atoms with E-state index in [9.17, 15) is 16.8 Å². The highest BCUT2D eigenvalue weighted by Gasteiger charge is 2.48. The average Bonchev–Trinajstić information content (AvgIpc) is 2.78. The molecule has 0 aromatic heterocycles. The molecule has 0 aromatic carbocycles. The van der Waals surface area contributed by atoms with Gasteiger partial charge in [-0.3, -0.25) is 0 Å². The molecule has 20 heavy (non-hydrogen) atoms. The summed E-state index contributed by atoms with van der Waals surface area (Å²) in [4.78, 5) is 0. The van der Waals surface area contributed by atoms with Gasteiger partial charge in [-0.25, -0.2) is 16.8 Å². The summed E-state index contributed by atoms with van der Waals surface area (Å²) in [6.45, 7) is 0.899. The zero-order valence-electron chi connectivity index (χ0n) is 11.4. The average molecular weight is 327 g/mol. The molecule has 2 rings (SSSR count). The number of nitrogens with two attached hydrogens (primary N) is 1. The molecule has 118 valence electrons. The summed E-state index contributed by atoms with van der Waals surface area (Å²) in [5, 5.41) is -0.809. The fraction of sp³-hybridized carbons (Fsp3) is 1.00. The Morgan fingerprint density at radius 2 is 1.75 bits per heavy atom. The third-order valence-electron chi connectivity index (χ3n) is 3.86. The van der Waals surface area contributed by atoms with Gasteiger partial charge in [0.05, 0.1) is 30.0 Å². The Balaban J connectivity index is 2.12. The molecule has 7 nitrogen and oxygen atoms in total. The molecule has 2 fully saturated rings. The van der Waals surface area contributed by atoms with Gasteiger partial charge in [0.1, 0.15) is 9.84 Å². The van der Waals surface area contributed by atoms with Crippen LogP contribution in [0.25, 0.3) is 0 Å². The molecule has 2 unspecified atom stereocenters. The van der Waals surface area contributed by atoms with E-state index in [0.29, 0.717) is 26.1 Å². The van der Waals surface area contributed by atoms with Gasteiger partial charge in [-0.1, -0.05) is 0 Å². The summed E-state index contributed by atoms with van der Waals surface area (Å²) >= 11 is 0. The molecule has 1 spiro atoms. The van der Waals surface area contributed by atoms with Crippen molar-refractivity contribution in [1.82, 2.24) is 0 Å². The van der Waals surface area contributed by atoms with Crippen LogP contribution in [0.15, 0.2) is 0 Å². The van der Waals surface area contributed by atoms with E-state index in [1.54, 1.807) is 0 Å². The lowest BCUT2D eigenvalue weighted by atomic mass is 9.90. The molecule has 0 amide bonds. The Morgan fingerprint density at radius 1 is 1.15 bits per heavy atom. The van der Waals surface area contributed by atoms with Gasteiger partial charge in [-0.15, -0.1) is 0 Å². The van der Waals surface area contributed by atoms with E-state index in [0.717, 1.165) is 6.26 Å². The first-order valence-corrected chi connectivity index (χ1v) is 10.3. The summed E-state index contributed by atoms with van der Waals surface area (Å²) in [5.74, 6) is -1.63. The highest BCUT2D eigenvalue weighted by molar-refractivity contribution is 7.95. The molecule has 1 heterocycles. The zero-order chi connectivity index (χ0) is 15.0. The second-order valence-electron chi connectivity index (χ2n) is 5.55. The minimum Gasteiger partial charge on any atom is -0.347 e. The summed E-state index contributed by atoms with van der Waals surface area (Å²) in [6.07, 6.45) is 2.27. The lowest BCUT2D eigenvalue weighted by molar-refractivity contribution is -0.177. The molecule has 1 saturated carbocycles. The molecule has 2 atom stereocenters. The van der Waals surface area contributed by atoms with Crippen LogP contribution in [-0.2, 0) is 29.1 Å². The largest absolute Gasteiger partial charge is 0.347 e. The van der Waals surface area contributed by atoms with Gasteiger partial charge in [0.15, 0.2) is 15.6 Å². The van der Waals surface area contributed by atoms with Gasteiger partial charge in [0.25, 0.3) is 0 Å². The van der Waals surface area contributed by atoms with Crippen molar-refractivity contribution >= 4 is 19.7 Å². The third-order valence-corrected chi connectivity index (χ3v) is 7.28. The van der Waals surface area contributed by atoms with Crippen molar-refractivity contribution in [2.75, 3.05) is 31.0 Å². The van der Waals surface area contributed by atoms with Crippen LogP contribution in [0.4, 0.5) is 0 Å². The van der Waals surface area contributed by atoms with E-state index >= 15 is 0 Å². The van der Waals surface area contributed by atoms with Crippen molar-refractivity contribution < 1.29 is 26.3 Å². The van der Waals surface area contributed by atoms with Gasteiger partial charge < -0.3 is 15.2 Å². The van der Waals surface area contributed by atoms with Crippen LogP contribution in [0, 0.1) is 0 Å². The minimum atomic E-state index is -3.59. The quantitative estimate of drug-likeness (QED) is 0.709. The van der Waals surface area contributed by atoms with Crippen LogP contribution in [-0.4, -0.2) is 64.9 Å². The van der Waals surface area contributed by atoms with E-state index in [-0.39, 0.29) is 12.2 Å². The Bertz CT molecular complexity index is 549. The maximum Gasteiger partial charge on any atom is 0.169 e. The topological polar surface area (TPSA) is 113 Å². The van der Waals surface area contributed by atoms with Crippen molar-refractivity contribution in [3.63, 3.8) is 0 Å². The van der Waals surface area contributed by atoms with E-state index in [2.05, 4.69) is 0 Å². The van der Waals surface area contributed by atoms with Gasteiger partial charge in [-0.05, 0) is 6.42 Å². The van der Waals surface area contributed by atoms with Crippen molar-refractivity contribution in [2.45, 2.75) is 36.3 Å². The molecule has 1 aliphatic carbocycles. The Labute approximate surface area is 119 Å². The number of hydrogen-bond donors (Lipinski definition) is 1. The van der Waals surface area contributed by atoms with Crippen LogP contribution >= 0.6 is 0 Å². The number of ether oxygens (including phenoxy) is 2. The Morgan fingerprint density at radius 3 is 2.30 bits per heavy atom. The van der Waals surface area contributed by atoms with Crippen LogP contribution in [0.1, 0.15) is 19.3 Å². The van der Waals surface area contributed by atoms with E-state index < -0.39 is 42.5 Å². The van der Waals surface area contributed by atoms with Gasteiger partial charge in [0, 0.05) is 25.1 Å². The molecular formula is C11H21NO6S2. The molecule has 2 N–H and O–H groups in total. The van der Waals surface area contributed by atoms with Gasteiger partial charge in [-0.2, -0.15) is 0 Å². The maximum atomic E-state index is 12.3. The lowest BCUT2D eigenvalue weighted by Gasteiger charge is -2.39. The zero-order valence-corrected chi connectivity index (χ0v) is 13.1. The normalized spacial score (nSPS) is 30.7. The van der Waals surface area contributed by atoms with Crippen LogP contribution in [0.5, 0.6) is 0 Å². The summed E-state index contributed by atoms with van der Waals surface area (Å²) < 4.78 is 58.0. The predicted molar refractivity (Wildman–Crippen MR) is 73.7 cm³/mol. The van der Waals surface area contributed by atoms with Crippen LogP contribution in [0.3, 0.4) is 0 Å². The maximum absolute atomic E-state index is 12.3. The summed E-state index contributed by atoms with van der Waals surface area (Å²) in [7, 11) is -6.92. The molecule has 0 radical (unpaired) electrons. The number of hydrogen-bond acceptors (Lipinski definition) is 7. The molecule has 2 aliphatic rings. The fourth-order valence-electron chi connectivity index (χ4n) is 2.70. The first-order chi connectivity index (χ1) is 9.14. The highest BCUT2D eigenvalue weighted by Crippen LogP contribution is 2.38. The van der Waals surface area contributed by atoms with Crippen molar-refractivity contribution in [3.05, 3.63) is 0 Å². The van der Waals surface area contributed by atoms with E-state index in [4.69, 9.17) is 15.2 Å². The lowest BCUT2D eigenvalue weighted by Crippen LogP contribution is -2.52. The molecule has 1 saturated heterocycles. The van der Waals surface area contributed by atoms with Crippen LogP contribution < -0.4 is 5.73 Å². The van der Waals surface area contributed by atoms with Crippen LogP contribution in [0.2, 0.25) is 0 Å². The fourth-order valence-corrected chi connectivity index (χ4v) is 6.32. The van der Waals surface area contributed by atoms with Crippen molar-refractivity contribution in [2.24, 2.45) is 5.73 Å². The standard InChI is InChI=1S/C11H21NO6S2/c1-19(13,14)6-7-20(15,16)10-8-11(3-2-9(10)12)17-4-5-18-11/h9-10H,2-8,12H2,1H3. The molecular weight excluding hydrogens is 306 g/mol. The second kappa shape index (κ2) is 5.53. The molecule has 0 aromatic rings.